The van der Waals surface area contributed by atoms with E-state index in [1.54, 1.807) is 0 Å². The summed E-state index contributed by atoms with van der Waals surface area (Å²) in [6, 6.07) is 10.2. The van der Waals surface area contributed by atoms with Crippen LogP contribution >= 0.6 is 0 Å². The second-order valence-corrected chi connectivity index (χ2v) is 12.5. The lowest BCUT2D eigenvalue weighted by atomic mass is 9.98. The molecule has 1 N–H and O–H groups in total. The van der Waals surface area contributed by atoms with Gasteiger partial charge in [0.2, 0.25) is 10.0 Å². The van der Waals surface area contributed by atoms with Crippen LogP contribution in [0.1, 0.15) is 23.2 Å². The number of halogens is 5. The number of H-pyrrole nitrogens is 1. The Labute approximate surface area is 246 Å². The molecule has 2 aromatic heterocycles. The van der Waals surface area contributed by atoms with E-state index in [1.807, 2.05) is 0 Å². The number of carbonyl (C=O) groups is 1. The van der Waals surface area contributed by atoms with Gasteiger partial charge in [-0.2, -0.15) is 13.2 Å². The van der Waals surface area contributed by atoms with Crippen LogP contribution in [0, 0.1) is 5.82 Å². The molecule has 0 bridgehead atoms. The van der Waals surface area contributed by atoms with Gasteiger partial charge in [-0.1, -0.05) is 12.1 Å². The number of nitrogens with one attached hydrogen (secondary N) is 1. The van der Waals surface area contributed by atoms with E-state index in [9.17, 15) is 40.0 Å². The van der Waals surface area contributed by atoms with Crippen LogP contribution in [0.2, 0.25) is 0 Å². The molecule has 0 radical (unpaired) electrons. The third-order valence-corrected chi connectivity index (χ3v) is 8.96. The molecule has 6 rings (SSSR count). The Morgan fingerprint density at radius 1 is 1.11 bits per heavy atom. The Bertz CT molecular complexity index is 2120. The molecule has 1 amide bonds. The maximum Gasteiger partial charge on any atom is 0.408 e. The van der Waals surface area contributed by atoms with Gasteiger partial charge in [-0.15, -0.1) is 0 Å². The minimum Gasteiger partial charge on any atom is -0.455 e. The fraction of sp³-hybridized carbons (Fsp3) is 0.267. The first-order valence-electron chi connectivity index (χ1n) is 13.5. The summed E-state index contributed by atoms with van der Waals surface area (Å²) in [5, 5.41) is 0.704. The number of aromatic nitrogens is 1. The lowest BCUT2D eigenvalue weighted by Crippen LogP contribution is -2.44. The Balaban J connectivity index is 1.59. The van der Waals surface area contributed by atoms with Gasteiger partial charge < -0.3 is 14.3 Å². The molecule has 14 heteroatoms. The van der Waals surface area contributed by atoms with Crippen molar-refractivity contribution >= 4 is 54.5 Å². The van der Waals surface area contributed by atoms with Crippen molar-refractivity contribution in [3.05, 3.63) is 76.3 Å². The van der Waals surface area contributed by atoms with Crippen molar-refractivity contribution in [2.24, 2.45) is 0 Å². The number of amides is 1. The number of furan rings is 1. The van der Waals surface area contributed by atoms with Crippen LogP contribution in [0.15, 0.2) is 63.8 Å². The van der Waals surface area contributed by atoms with E-state index in [-0.39, 0.29) is 69.2 Å². The third-order valence-electron chi connectivity index (χ3n) is 7.78. The number of rotatable bonds is 6. The molecule has 1 aliphatic heterocycles. The predicted octanol–water partition coefficient (Wildman–Crippen LogP) is 6.14. The third kappa shape index (κ3) is 5.06. The van der Waals surface area contributed by atoms with Gasteiger partial charge in [0.15, 0.2) is 0 Å². The first kappa shape index (κ1) is 29.6. The van der Waals surface area contributed by atoms with Gasteiger partial charge in [0.1, 0.15) is 29.7 Å². The number of hydrogen-bond donors (Lipinski definition) is 1. The molecule has 8 nitrogen and oxygen atoms in total. The summed E-state index contributed by atoms with van der Waals surface area (Å²) in [6.45, 7) is -1.70. The van der Waals surface area contributed by atoms with Crippen molar-refractivity contribution in [2.75, 3.05) is 30.3 Å². The number of hydrogen-bond acceptors (Lipinski definition) is 5. The van der Waals surface area contributed by atoms with E-state index in [0.717, 1.165) is 21.5 Å². The lowest BCUT2D eigenvalue weighted by Gasteiger charge is -2.27. The van der Waals surface area contributed by atoms with Crippen molar-refractivity contribution in [3.63, 3.8) is 0 Å². The molecule has 230 valence electrons. The number of alkyl halides is 4. The number of sulfonamides is 1. The van der Waals surface area contributed by atoms with Crippen LogP contribution in [-0.4, -0.2) is 62.4 Å². The monoisotopic (exact) mass is 633 g/mol. The van der Waals surface area contributed by atoms with E-state index < -0.39 is 52.7 Å². The van der Waals surface area contributed by atoms with Crippen molar-refractivity contribution in [3.8, 4) is 11.1 Å². The van der Waals surface area contributed by atoms with Crippen molar-refractivity contribution in [2.45, 2.75) is 25.1 Å². The molecular weight excluding hydrogens is 609 g/mol. The molecule has 0 saturated carbocycles. The summed E-state index contributed by atoms with van der Waals surface area (Å²) in [7, 11) is -4.08. The van der Waals surface area contributed by atoms with E-state index in [2.05, 4.69) is 4.98 Å². The molecule has 0 aliphatic carbocycles. The summed E-state index contributed by atoms with van der Waals surface area (Å²) >= 11 is 0. The maximum absolute atomic E-state index is 13.9. The Morgan fingerprint density at radius 3 is 2.59 bits per heavy atom. The molecular formula is C30H24F5N3O5S. The van der Waals surface area contributed by atoms with Crippen LogP contribution in [-0.2, 0) is 10.0 Å². The molecule has 3 aromatic carbocycles. The van der Waals surface area contributed by atoms with E-state index in [0.29, 0.717) is 5.39 Å². The topological polar surface area (TPSA) is 104 Å². The number of likely N-dealkylation sites (tertiary alicyclic amines) is 1. The molecule has 44 heavy (non-hydrogen) atoms. The number of anilines is 1. The Hall–Kier alpha value is -4.46. The minimum atomic E-state index is -4.60. The molecule has 1 aliphatic rings. The number of aromatic amines is 1. The number of nitrogens with zero attached hydrogens (tertiary/aromatic N) is 2. The smallest absolute Gasteiger partial charge is 0.408 e. The summed E-state index contributed by atoms with van der Waals surface area (Å²) in [6.07, 6.45) is -3.75. The Morgan fingerprint density at radius 2 is 1.89 bits per heavy atom. The molecule has 1 unspecified atom stereocenters. The van der Waals surface area contributed by atoms with Gasteiger partial charge in [-0.3, -0.25) is 13.9 Å². The van der Waals surface area contributed by atoms with Crippen molar-refractivity contribution in [1.29, 1.82) is 0 Å². The molecule has 3 heterocycles. The normalized spacial score (nSPS) is 16.0. The maximum atomic E-state index is 13.9. The van der Waals surface area contributed by atoms with Gasteiger partial charge in [0.25, 0.3) is 11.5 Å². The quantitative estimate of drug-likeness (QED) is 0.227. The average Bonchev–Trinajstić information content (AvgIpc) is 3.60. The summed E-state index contributed by atoms with van der Waals surface area (Å²) < 4.78 is 101. The van der Waals surface area contributed by atoms with Crippen LogP contribution in [0.25, 0.3) is 44.0 Å². The van der Waals surface area contributed by atoms with Crippen LogP contribution < -0.4 is 9.86 Å². The molecule has 1 atom stereocenters. The van der Waals surface area contributed by atoms with Crippen LogP contribution in [0.3, 0.4) is 0 Å². The van der Waals surface area contributed by atoms with E-state index >= 15 is 0 Å². The fourth-order valence-electron chi connectivity index (χ4n) is 5.86. The highest BCUT2D eigenvalue weighted by atomic mass is 32.2. The highest BCUT2D eigenvalue weighted by Gasteiger charge is 2.47. The summed E-state index contributed by atoms with van der Waals surface area (Å²) in [5.41, 5.74) is 0.0161. The molecule has 1 fully saturated rings. The largest absolute Gasteiger partial charge is 0.455 e. The van der Waals surface area contributed by atoms with Crippen LogP contribution in [0.5, 0.6) is 0 Å². The van der Waals surface area contributed by atoms with Gasteiger partial charge in [-0.05, 0) is 54.8 Å². The second kappa shape index (κ2) is 10.6. The zero-order chi connectivity index (χ0) is 31.6. The van der Waals surface area contributed by atoms with Crippen LogP contribution in [0.4, 0.5) is 27.6 Å². The molecule has 1 saturated heterocycles. The van der Waals surface area contributed by atoms with E-state index in [1.165, 1.54) is 48.5 Å². The number of benzene rings is 3. The summed E-state index contributed by atoms with van der Waals surface area (Å²) in [5.74, 6) is -1.44. The van der Waals surface area contributed by atoms with Crippen molar-refractivity contribution in [1.82, 2.24) is 9.88 Å². The standard InChI is InChI=1S/C30H24F5N3O5S/c1-44(41,42)38(11-9-31)23-15-24-21(26-27(43-24)19-8-7-18(32)13-22(19)36-28(26)39)14-20(23)16-4-2-5-17(12-16)29(40)37-10-3-6-25(37)30(33,34)35/h2,4-5,7-8,12-15,25H,3,6,9-11H2,1H3,(H,36,39). The van der Waals surface area contributed by atoms with Gasteiger partial charge in [0.05, 0.1) is 29.4 Å². The highest BCUT2D eigenvalue weighted by Crippen LogP contribution is 2.41. The first-order valence-corrected chi connectivity index (χ1v) is 15.4. The second-order valence-electron chi connectivity index (χ2n) is 10.6. The zero-order valence-corrected chi connectivity index (χ0v) is 23.9. The average molecular weight is 634 g/mol. The Kier molecular flexibility index (Phi) is 7.14. The van der Waals surface area contributed by atoms with Gasteiger partial charge in [0, 0.05) is 34.5 Å². The highest BCUT2D eigenvalue weighted by molar-refractivity contribution is 7.92. The van der Waals surface area contributed by atoms with Gasteiger partial charge in [-0.25, -0.2) is 17.2 Å². The number of fused-ring (bicyclic) bond motifs is 5. The predicted molar refractivity (Wildman–Crippen MR) is 156 cm³/mol. The summed E-state index contributed by atoms with van der Waals surface area (Å²) in [4.78, 5) is 29.8. The number of pyridine rings is 1. The SMILES string of the molecule is CS(=O)(=O)N(CCF)c1cc2oc3c4ccc(F)cc4[nH]c(=O)c3c2cc1-c1cccc(C(=O)N2CCCC2C(F)(F)F)c1. The lowest BCUT2D eigenvalue weighted by molar-refractivity contribution is -0.169. The number of carbonyl (C=O) groups excluding carboxylic acids is 1. The molecule has 5 aromatic rings. The van der Waals surface area contributed by atoms with Crippen molar-refractivity contribution < 1.29 is 39.6 Å². The first-order chi connectivity index (χ1) is 20.8. The zero-order valence-electron chi connectivity index (χ0n) is 23.0. The molecule has 0 spiro atoms. The fourth-order valence-corrected chi connectivity index (χ4v) is 6.77. The van der Waals surface area contributed by atoms with Gasteiger partial charge >= 0.3 is 6.18 Å². The van der Waals surface area contributed by atoms with E-state index in [4.69, 9.17) is 4.42 Å². The minimum absolute atomic E-state index is 0.0394.